The van der Waals surface area contributed by atoms with Gasteiger partial charge in [0, 0.05) is 30.4 Å². The Bertz CT molecular complexity index is 560. The van der Waals surface area contributed by atoms with E-state index in [0.29, 0.717) is 23.1 Å². The molecule has 1 fully saturated rings. The van der Waals surface area contributed by atoms with Crippen LogP contribution in [0.2, 0.25) is 0 Å². The molecule has 1 aliphatic heterocycles. The van der Waals surface area contributed by atoms with Crippen molar-refractivity contribution in [1.29, 1.82) is 0 Å². The number of piperidine rings is 1. The van der Waals surface area contributed by atoms with Gasteiger partial charge in [0.05, 0.1) is 0 Å². The van der Waals surface area contributed by atoms with E-state index in [1.807, 2.05) is 11.8 Å². The van der Waals surface area contributed by atoms with Crippen LogP contribution in [0.1, 0.15) is 50.9 Å². The maximum absolute atomic E-state index is 12.5. The smallest absolute Gasteiger partial charge is 0.319 e. The molecule has 1 saturated heterocycles. The van der Waals surface area contributed by atoms with Crippen molar-refractivity contribution in [3.05, 3.63) is 29.8 Å². The van der Waals surface area contributed by atoms with Gasteiger partial charge in [0.2, 0.25) is 0 Å². The van der Waals surface area contributed by atoms with Crippen LogP contribution in [0.4, 0.5) is 10.5 Å². The van der Waals surface area contributed by atoms with Crippen LogP contribution in [0.3, 0.4) is 0 Å². The van der Waals surface area contributed by atoms with Gasteiger partial charge in [-0.3, -0.25) is 4.79 Å². The fourth-order valence-corrected chi connectivity index (χ4v) is 2.63. The summed E-state index contributed by atoms with van der Waals surface area (Å²) in [6.45, 7) is 9.99. The van der Waals surface area contributed by atoms with E-state index in [4.69, 9.17) is 0 Å². The summed E-state index contributed by atoms with van der Waals surface area (Å²) in [7, 11) is 0. The van der Waals surface area contributed by atoms with E-state index in [9.17, 15) is 9.59 Å². The molecule has 1 atom stereocenters. The third-order valence-corrected chi connectivity index (χ3v) is 4.82. The van der Waals surface area contributed by atoms with Crippen LogP contribution in [0.5, 0.6) is 0 Å². The molecule has 2 N–H and O–H groups in total. The van der Waals surface area contributed by atoms with Gasteiger partial charge in [0.1, 0.15) is 0 Å². The number of urea groups is 1. The predicted octanol–water partition coefficient (Wildman–Crippen LogP) is 3.72. The zero-order chi connectivity index (χ0) is 17.7. The normalized spacial score (nSPS) is 16.8. The van der Waals surface area contributed by atoms with E-state index in [1.165, 1.54) is 0 Å². The summed E-state index contributed by atoms with van der Waals surface area (Å²) < 4.78 is 0. The molecular formula is C19H29N3O2. The van der Waals surface area contributed by atoms with E-state index in [0.717, 1.165) is 25.9 Å². The number of hydrogen-bond acceptors (Lipinski definition) is 2. The van der Waals surface area contributed by atoms with Crippen molar-refractivity contribution in [1.82, 2.24) is 10.2 Å². The summed E-state index contributed by atoms with van der Waals surface area (Å²) in [6.07, 6.45) is 2.14. The van der Waals surface area contributed by atoms with Gasteiger partial charge in [0.15, 0.2) is 0 Å². The summed E-state index contributed by atoms with van der Waals surface area (Å²) in [5.41, 5.74) is 1.36. The molecule has 1 unspecified atom stereocenters. The zero-order valence-corrected chi connectivity index (χ0v) is 15.1. The topological polar surface area (TPSA) is 61.4 Å². The number of benzene rings is 1. The number of anilines is 1. The highest BCUT2D eigenvalue weighted by atomic mass is 16.2. The first-order valence-corrected chi connectivity index (χ1v) is 8.83. The van der Waals surface area contributed by atoms with E-state index in [-0.39, 0.29) is 18.0 Å². The minimum atomic E-state index is -0.222. The number of rotatable bonds is 4. The zero-order valence-electron chi connectivity index (χ0n) is 15.1. The molecular weight excluding hydrogens is 302 g/mol. The number of carbonyl (C=O) groups excluding carboxylic acids is 2. The van der Waals surface area contributed by atoms with Gasteiger partial charge >= 0.3 is 6.03 Å². The molecule has 0 aromatic heterocycles. The van der Waals surface area contributed by atoms with E-state index in [2.05, 4.69) is 31.4 Å². The van der Waals surface area contributed by atoms with Gasteiger partial charge in [-0.25, -0.2) is 4.79 Å². The van der Waals surface area contributed by atoms with E-state index < -0.39 is 0 Å². The summed E-state index contributed by atoms with van der Waals surface area (Å²) in [4.78, 5) is 26.3. The van der Waals surface area contributed by atoms with Crippen molar-refractivity contribution in [3.8, 4) is 0 Å². The van der Waals surface area contributed by atoms with Gasteiger partial charge in [-0.2, -0.15) is 0 Å². The second-order valence-corrected chi connectivity index (χ2v) is 7.18. The fourth-order valence-electron chi connectivity index (χ4n) is 2.63. The Balaban J connectivity index is 1.90. The van der Waals surface area contributed by atoms with E-state index in [1.54, 1.807) is 24.3 Å². The number of nitrogens with zero attached hydrogens (tertiary/aromatic N) is 1. The van der Waals surface area contributed by atoms with Crippen molar-refractivity contribution in [3.63, 3.8) is 0 Å². The SMILES string of the molecule is CC1CCN(C(=O)c2ccc(NC(=O)NC(C)C(C)C)cc2)CC1. The second-order valence-electron chi connectivity index (χ2n) is 7.18. The lowest BCUT2D eigenvalue weighted by Gasteiger charge is -2.30. The van der Waals surface area contributed by atoms with Crippen LogP contribution in [-0.2, 0) is 0 Å². The Morgan fingerprint density at radius 2 is 1.67 bits per heavy atom. The molecule has 1 aromatic rings. The minimum Gasteiger partial charge on any atom is -0.339 e. The number of hydrogen-bond donors (Lipinski definition) is 2. The molecule has 0 saturated carbocycles. The summed E-state index contributed by atoms with van der Waals surface area (Å²) >= 11 is 0. The Kier molecular flexibility index (Phi) is 6.23. The molecule has 5 nitrogen and oxygen atoms in total. The van der Waals surface area contributed by atoms with Crippen molar-refractivity contribution in [2.75, 3.05) is 18.4 Å². The molecule has 3 amide bonds. The van der Waals surface area contributed by atoms with Crippen molar-refractivity contribution >= 4 is 17.6 Å². The maximum Gasteiger partial charge on any atom is 0.319 e. The first-order valence-electron chi connectivity index (χ1n) is 8.83. The minimum absolute atomic E-state index is 0.0753. The van der Waals surface area contributed by atoms with Crippen LogP contribution in [0, 0.1) is 11.8 Å². The summed E-state index contributed by atoms with van der Waals surface area (Å²) in [6, 6.07) is 7.00. The standard InChI is InChI=1S/C19H29N3O2/c1-13(2)15(4)20-19(24)21-17-7-5-16(6-8-17)18(23)22-11-9-14(3)10-12-22/h5-8,13-15H,9-12H2,1-4H3,(H2,20,21,24). The van der Waals surface area contributed by atoms with Crippen LogP contribution in [0.15, 0.2) is 24.3 Å². The first-order chi connectivity index (χ1) is 11.4. The third-order valence-electron chi connectivity index (χ3n) is 4.82. The largest absolute Gasteiger partial charge is 0.339 e. The van der Waals surface area contributed by atoms with E-state index >= 15 is 0 Å². The van der Waals surface area contributed by atoms with Crippen LogP contribution in [-0.4, -0.2) is 36.0 Å². The first kappa shape index (κ1) is 18.3. The molecule has 1 aliphatic rings. The van der Waals surface area contributed by atoms with Gasteiger partial charge < -0.3 is 15.5 Å². The maximum atomic E-state index is 12.5. The van der Waals surface area contributed by atoms with Crippen LogP contribution < -0.4 is 10.6 Å². The second kappa shape index (κ2) is 8.18. The Labute approximate surface area is 144 Å². The van der Waals surface area contributed by atoms with Crippen molar-refractivity contribution < 1.29 is 9.59 Å². The molecule has 2 rings (SSSR count). The fraction of sp³-hybridized carbons (Fsp3) is 0.579. The molecule has 0 aliphatic carbocycles. The molecule has 5 heteroatoms. The van der Waals surface area contributed by atoms with Crippen molar-refractivity contribution in [2.45, 2.75) is 46.6 Å². The molecule has 1 aromatic carbocycles. The summed E-state index contributed by atoms with van der Waals surface area (Å²) in [5.74, 6) is 1.15. The highest BCUT2D eigenvalue weighted by Crippen LogP contribution is 2.19. The number of carbonyl (C=O) groups is 2. The molecule has 0 spiro atoms. The average Bonchev–Trinajstić information content (AvgIpc) is 2.55. The Morgan fingerprint density at radius 3 is 2.21 bits per heavy atom. The summed E-state index contributed by atoms with van der Waals surface area (Å²) in [5, 5.41) is 5.70. The molecule has 1 heterocycles. The molecule has 0 radical (unpaired) electrons. The average molecular weight is 331 g/mol. The Morgan fingerprint density at radius 1 is 1.08 bits per heavy atom. The lowest BCUT2D eigenvalue weighted by atomic mass is 9.98. The highest BCUT2D eigenvalue weighted by molar-refractivity contribution is 5.95. The number of likely N-dealkylation sites (tertiary alicyclic amines) is 1. The lowest BCUT2D eigenvalue weighted by Crippen LogP contribution is -2.39. The van der Waals surface area contributed by atoms with Crippen LogP contribution >= 0.6 is 0 Å². The Hall–Kier alpha value is -2.04. The number of nitrogens with one attached hydrogen (secondary N) is 2. The van der Waals surface area contributed by atoms with Gasteiger partial charge in [-0.1, -0.05) is 20.8 Å². The lowest BCUT2D eigenvalue weighted by molar-refractivity contribution is 0.0697. The van der Waals surface area contributed by atoms with Crippen LogP contribution in [0.25, 0.3) is 0 Å². The monoisotopic (exact) mass is 331 g/mol. The third kappa shape index (κ3) is 4.98. The van der Waals surface area contributed by atoms with Gasteiger partial charge in [-0.15, -0.1) is 0 Å². The van der Waals surface area contributed by atoms with Gasteiger partial charge in [0.25, 0.3) is 5.91 Å². The quantitative estimate of drug-likeness (QED) is 0.883. The predicted molar refractivity (Wildman–Crippen MR) is 97.2 cm³/mol. The number of amides is 3. The molecule has 132 valence electrons. The molecule has 0 bridgehead atoms. The van der Waals surface area contributed by atoms with Crippen molar-refractivity contribution in [2.24, 2.45) is 11.8 Å². The highest BCUT2D eigenvalue weighted by Gasteiger charge is 2.21. The molecule has 24 heavy (non-hydrogen) atoms. The van der Waals surface area contributed by atoms with Gasteiger partial charge in [-0.05, 0) is 55.9 Å².